The second-order valence-electron chi connectivity index (χ2n) is 5.29. The first-order valence-corrected chi connectivity index (χ1v) is 8.06. The van der Waals surface area contributed by atoms with Gasteiger partial charge >= 0.3 is 0 Å². The number of sulfonamides is 1. The van der Waals surface area contributed by atoms with Gasteiger partial charge in [0.2, 0.25) is 0 Å². The molecule has 0 aromatic heterocycles. The Hall–Kier alpha value is -1.88. The van der Waals surface area contributed by atoms with Gasteiger partial charge in [-0.3, -0.25) is 4.72 Å². The minimum Gasteiger partial charge on any atom is -0.279 e. The van der Waals surface area contributed by atoms with Crippen LogP contribution in [0.3, 0.4) is 0 Å². The van der Waals surface area contributed by atoms with Crippen molar-refractivity contribution < 1.29 is 12.8 Å². The summed E-state index contributed by atoms with van der Waals surface area (Å²) in [6, 6.07) is 7.60. The van der Waals surface area contributed by atoms with Gasteiger partial charge in [0, 0.05) is 0 Å². The average molecular weight is 307 g/mol. The van der Waals surface area contributed by atoms with Crippen molar-refractivity contribution in [2.75, 3.05) is 4.72 Å². The van der Waals surface area contributed by atoms with E-state index in [0.717, 1.165) is 16.7 Å². The third-order valence-corrected chi connectivity index (χ3v) is 4.70. The first kappa shape index (κ1) is 15.5. The van der Waals surface area contributed by atoms with Gasteiger partial charge in [-0.2, -0.15) is 0 Å². The Bertz CT molecular complexity index is 775. The molecular weight excluding hydrogens is 289 g/mol. The van der Waals surface area contributed by atoms with E-state index in [4.69, 9.17) is 0 Å². The van der Waals surface area contributed by atoms with Crippen LogP contribution in [-0.2, 0) is 10.0 Å². The smallest absolute Gasteiger partial charge is 0.261 e. The highest BCUT2D eigenvalue weighted by Gasteiger charge is 2.17. The Morgan fingerprint density at radius 3 is 2.00 bits per heavy atom. The fourth-order valence-electron chi connectivity index (χ4n) is 2.32. The van der Waals surface area contributed by atoms with E-state index in [-0.39, 0.29) is 4.90 Å². The molecule has 0 saturated heterocycles. The average Bonchev–Trinajstić information content (AvgIpc) is 2.37. The lowest BCUT2D eigenvalue weighted by molar-refractivity contribution is 0.598. The molecule has 2 aromatic carbocycles. The zero-order valence-corrected chi connectivity index (χ0v) is 13.3. The maximum atomic E-state index is 13.3. The van der Waals surface area contributed by atoms with Crippen molar-refractivity contribution in [3.63, 3.8) is 0 Å². The highest BCUT2D eigenvalue weighted by Crippen LogP contribution is 2.25. The minimum absolute atomic E-state index is 0.0563. The van der Waals surface area contributed by atoms with E-state index in [1.165, 1.54) is 25.1 Å². The van der Waals surface area contributed by atoms with Crippen molar-refractivity contribution in [1.82, 2.24) is 0 Å². The van der Waals surface area contributed by atoms with Crippen molar-refractivity contribution in [3.05, 3.63) is 58.4 Å². The second-order valence-corrected chi connectivity index (χ2v) is 6.97. The Morgan fingerprint density at radius 2 is 1.48 bits per heavy atom. The summed E-state index contributed by atoms with van der Waals surface area (Å²) >= 11 is 0. The molecule has 0 atom stereocenters. The summed E-state index contributed by atoms with van der Waals surface area (Å²) in [5, 5.41) is 0. The van der Waals surface area contributed by atoms with Crippen LogP contribution >= 0.6 is 0 Å². The summed E-state index contributed by atoms with van der Waals surface area (Å²) < 4.78 is 40.7. The highest BCUT2D eigenvalue weighted by molar-refractivity contribution is 7.92. The Labute approximate surface area is 124 Å². The second kappa shape index (κ2) is 5.48. The maximum Gasteiger partial charge on any atom is 0.261 e. The Morgan fingerprint density at radius 1 is 0.905 bits per heavy atom. The van der Waals surface area contributed by atoms with Crippen LogP contribution in [0.4, 0.5) is 10.1 Å². The number of hydrogen-bond donors (Lipinski definition) is 1. The number of hydrogen-bond acceptors (Lipinski definition) is 2. The fraction of sp³-hybridized carbons (Fsp3) is 0.250. The van der Waals surface area contributed by atoms with Crippen molar-refractivity contribution in [1.29, 1.82) is 0 Å². The summed E-state index contributed by atoms with van der Waals surface area (Å²) in [4.78, 5) is 0.0563. The molecule has 0 heterocycles. The van der Waals surface area contributed by atoms with E-state index < -0.39 is 15.8 Å². The van der Waals surface area contributed by atoms with Crippen LogP contribution in [0.25, 0.3) is 0 Å². The van der Waals surface area contributed by atoms with E-state index >= 15 is 0 Å². The molecule has 0 unspecified atom stereocenters. The van der Waals surface area contributed by atoms with E-state index in [1.54, 1.807) is 0 Å². The van der Waals surface area contributed by atoms with E-state index in [9.17, 15) is 12.8 Å². The van der Waals surface area contributed by atoms with Gasteiger partial charge < -0.3 is 0 Å². The molecule has 2 rings (SSSR count). The molecule has 0 aliphatic rings. The molecular formula is C16H18FNO2S. The van der Waals surface area contributed by atoms with Crippen LogP contribution in [0.1, 0.15) is 22.3 Å². The quantitative estimate of drug-likeness (QED) is 0.936. The molecule has 0 saturated carbocycles. The summed E-state index contributed by atoms with van der Waals surface area (Å²) in [5.41, 5.74) is 3.66. The van der Waals surface area contributed by atoms with Crippen molar-refractivity contribution in [2.24, 2.45) is 0 Å². The fourth-order valence-corrected chi connectivity index (χ4v) is 3.61. The molecule has 21 heavy (non-hydrogen) atoms. The SMILES string of the molecule is Cc1cc(C)c(NS(=O)(=O)c2ccc(F)c(C)c2)c(C)c1. The van der Waals surface area contributed by atoms with E-state index in [2.05, 4.69) is 4.72 Å². The summed E-state index contributed by atoms with van der Waals surface area (Å²) in [7, 11) is -3.73. The monoisotopic (exact) mass is 307 g/mol. The Kier molecular flexibility index (Phi) is 4.05. The van der Waals surface area contributed by atoms with Crippen molar-refractivity contribution in [2.45, 2.75) is 32.6 Å². The van der Waals surface area contributed by atoms with Crippen LogP contribution in [0.2, 0.25) is 0 Å². The zero-order chi connectivity index (χ0) is 15.8. The van der Waals surface area contributed by atoms with Crippen LogP contribution in [0, 0.1) is 33.5 Å². The van der Waals surface area contributed by atoms with Gasteiger partial charge in [0.15, 0.2) is 0 Å². The molecule has 112 valence electrons. The molecule has 0 aliphatic carbocycles. The van der Waals surface area contributed by atoms with Crippen LogP contribution in [-0.4, -0.2) is 8.42 Å². The zero-order valence-electron chi connectivity index (χ0n) is 12.5. The summed E-state index contributed by atoms with van der Waals surface area (Å²) in [5.74, 6) is -0.420. The van der Waals surface area contributed by atoms with Crippen molar-refractivity contribution in [3.8, 4) is 0 Å². The molecule has 0 amide bonds. The van der Waals surface area contributed by atoms with Crippen molar-refractivity contribution >= 4 is 15.7 Å². The topological polar surface area (TPSA) is 46.2 Å². The first-order chi connectivity index (χ1) is 9.70. The number of nitrogens with one attached hydrogen (secondary N) is 1. The molecule has 1 N–H and O–H groups in total. The first-order valence-electron chi connectivity index (χ1n) is 6.57. The summed E-state index contributed by atoms with van der Waals surface area (Å²) in [6.07, 6.45) is 0. The standard InChI is InChI=1S/C16H18FNO2S/c1-10-7-12(3)16(13(4)8-10)18-21(19,20)14-5-6-15(17)11(2)9-14/h5-9,18H,1-4H3. The third kappa shape index (κ3) is 3.24. The number of aryl methyl sites for hydroxylation is 4. The summed E-state index contributed by atoms with van der Waals surface area (Å²) in [6.45, 7) is 7.21. The number of rotatable bonds is 3. The largest absolute Gasteiger partial charge is 0.279 e. The molecule has 5 heteroatoms. The number of anilines is 1. The molecule has 0 spiro atoms. The number of benzene rings is 2. The van der Waals surface area contributed by atoms with Gasteiger partial charge in [-0.05, 0) is 62.6 Å². The highest BCUT2D eigenvalue weighted by atomic mass is 32.2. The lowest BCUT2D eigenvalue weighted by Crippen LogP contribution is -2.15. The lowest BCUT2D eigenvalue weighted by atomic mass is 10.1. The van der Waals surface area contributed by atoms with Gasteiger partial charge in [-0.25, -0.2) is 12.8 Å². The van der Waals surface area contributed by atoms with E-state index in [0.29, 0.717) is 11.3 Å². The van der Waals surface area contributed by atoms with Crippen LogP contribution < -0.4 is 4.72 Å². The molecule has 2 aromatic rings. The van der Waals surface area contributed by atoms with Gasteiger partial charge in [0.05, 0.1) is 10.6 Å². The molecule has 0 fully saturated rings. The van der Waals surface area contributed by atoms with Gasteiger partial charge in [0.25, 0.3) is 10.0 Å². The van der Waals surface area contributed by atoms with Crippen LogP contribution in [0.15, 0.2) is 35.2 Å². The molecule has 3 nitrogen and oxygen atoms in total. The Balaban J connectivity index is 2.44. The van der Waals surface area contributed by atoms with Crippen LogP contribution in [0.5, 0.6) is 0 Å². The molecule has 0 bridgehead atoms. The predicted octanol–water partition coefficient (Wildman–Crippen LogP) is 3.86. The van der Waals surface area contributed by atoms with Gasteiger partial charge in [-0.15, -0.1) is 0 Å². The normalized spacial score (nSPS) is 11.5. The maximum absolute atomic E-state index is 13.3. The third-order valence-electron chi connectivity index (χ3n) is 3.35. The molecule has 0 radical (unpaired) electrons. The minimum atomic E-state index is -3.73. The number of halogens is 1. The molecule has 0 aliphatic heterocycles. The lowest BCUT2D eigenvalue weighted by Gasteiger charge is -2.14. The van der Waals surface area contributed by atoms with E-state index in [1.807, 2.05) is 32.9 Å². The predicted molar refractivity (Wildman–Crippen MR) is 82.6 cm³/mol. The van der Waals surface area contributed by atoms with Gasteiger partial charge in [0.1, 0.15) is 5.82 Å². The van der Waals surface area contributed by atoms with Gasteiger partial charge in [-0.1, -0.05) is 17.7 Å².